The Morgan fingerprint density at radius 2 is 2.17 bits per heavy atom. The molecular weight excluding hydrogens is 222 g/mol. The van der Waals surface area contributed by atoms with Crippen LogP contribution < -0.4 is 10.6 Å². The summed E-state index contributed by atoms with van der Waals surface area (Å²) in [5.74, 6) is 0.767. The second kappa shape index (κ2) is 4.48. The molecule has 0 aliphatic carbocycles. The normalized spacial score (nSPS) is 20.3. The molecule has 3 nitrogen and oxygen atoms in total. The molecule has 0 spiro atoms. The summed E-state index contributed by atoms with van der Waals surface area (Å²) < 4.78 is 0. The average Bonchev–Trinajstić information content (AvgIpc) is 2.39. The first-order valence-electron chi connectivity index (χ1n) is 6.63. The summed E-state index contributed by atoms with van der Waals surface area (Å²) in [4.78, 5) is 6.72. The van der Waals surface area contributed by atoms with E-state index >= 15 is 0 Å². The number of rotatable bonds is 1. The van der Waals surface area contributed by atoms with Crippen LogP contribution in [0, 0.1) is 5.92 Å². The topological polar surface area (TPSA) is 42.1 Å². The van der Waals surface area contributed by atoms with Gasteiger partial charge in [0, 0.05) is 47.6 Å². The third kappa shape index (κ3) is 1.90. The van der Waals surface area contributed by atoms with Crippen LogP contribution in [-0.4, -0.2) is 18.1 Å². The molecule has 0 radical (unpaired) electrons. The predicted molar refractivity (Wildman–Crippen MR) is 76.8 cm³/mol. The molecule has 1 saturated heterocycles. The van der Waals surface area contributed by atoms with Crippen molar-refractivity contribution in [3.8, 4) is 0 Å². The molecule has 1 aliphatic heterocycles. The summed E-state index contributed by atoms with van der Waals surface area (Å²) >= 11 is 0. The summed E-state index contributed by atoms with van der Waals surface area (Å²) in [6.07, 6.45) is 6.34. The Bertz CT molecular complexity index is 565. The number of nitrogens with zero attached hydrogens (tertiary/aromatic N) is 2. The van der Waals surface area contributed by atoms with Gasteiger partial charge in [-0.3, -0.25) is 4.98 Å². The van der Waals surface area contributed by atoms with Gasteiger partial charge < -0.3 is 10.6 Å². The van der Waals surface area contributed by atoms with Gasteiger partial charge in [-0.05, 0) is 37.0 Å². The lowest BCUT2D eigenvalue weighted by molar-refractivity contribution is 0.447. The van der Waals surface area contributed by atoms with Crippen molar-refractivity contribution in [3.05, 3.63) is 30.6 Å². The van der Waals surface area contributed by atoms with E-state index in [2.05, 4.69) is 22.9 Å². The molecular formula is C15H19N3. The minimum absolute atomic E-state index is 0.767. The third-order valence-electron chi connectivity index (χ3n) is 3.83. The molecule has 1 aromatic heterocycles. The van der Waals surface area contributed by atoms with E-state index < -0.39 is 0 Å². The molecule has 3 heteroatoms. The Morgan fingerprint density at radius 1 is 1.28 bits per heavy atom. The molecule has 1 aliphatic rings. The van der Waals surface area contributed by atoms with Gasteiger partial charge in [-0.15, -0.1) is 0 Å². The molecule has 1 unspecified atom stereocenters. The maximum Gasteiger partial charge on any atom is 0.0463 e. The second-order valence-corrected chi connectivity index (χ2v) is 5.29. The second-order valence-electron chi connectivity index (χ2n) is 5.29. The largest absolute Gasteiger partial charge is 0.398 e. The number of benzene rings is 1. The van der Waals surface area contributed by atoms with Crippen LogP contribution in [0.5, 0.6) is 0 Å². The van der Waals surface area contributed by atoms with Gasteiger partial charge in [-0.2, -0.15) is 0 Å². The zero-order valence-corrected chi connectivity index (χ0v) is 10.8. The first-order valence-corrected chi connectivity index (χ1v) is 6.63. The van der Waals surface area contributed by atoms with Crippen molar-refractivity contribution < 1.29 is 0 Å². The number of anilines is 2. The highest BCUT2D eigenvalue weighted by molar-refractivity contribution is 6.00. The molecule has 18 heavy (non-hydrogen) atoms. The summed E-state index contributed by atoms with van der Waals surface area (Å²) in [5.41, 5.74) is 8.15. The molecule has 3 rings (SSSR count). The Kier molecular flexibility index (Phi) is 2.82. The number of piperidine rings is 1. The van der Waals surface area contributed by atoms with E-state index in [0.29, 0.717) is 0 Å². The minimum Gasteiger partial charge on any atom is -0.398 e. The number of fused-ring (bicyclic) bond motifs is 1. The average molecular weight is 241 g/mol. The van der Waals surface area contributed by atoms with E-state index in [1.165, 1.54) is 23.9 Å². The summed E-state index contributed by atoms with van der Waals surface area (Å²) in [6, 6.07) is 6.15. The van der Waals surface area contributed by atoms with Gasteiger partial charge >= 0.3 is 0 Å². The molecule has 2 aromatic rings. The Morgan fingerprint density at radius 3 is 3.00 bits per heavy atom. The Hall–Kier alpha value is -1.77. The lowest BCUT2D eigenvalue weighted by Crippen LogP contribution is -2.34. The Balaban J connectivity index is 2.09. The summed E-state index contributed by atoms with van der Waals surface area (Å²) in [5, 5.41) is 2.28. The number of nitrogens with two attached hydrogens (primary N) is 1. The fourth-order valence-corrected chi connectivity index (χ4v) is 2.88. The quantitative estimate of drug-likeness (QED) is 0.780. The van der Waals surface area contributed by atoms with Gasteiger partial charge in [0.25, 0.3) is 0 Å². The number of hydrogen-bond donors (Lipinski definition) is 1. The third-order valence-corrected chi connectivity index (χ3v) is 3.83. The zero-order valence-electron chi connectivity index (χ0n) is 10.8. The van der Waals surface area contributed by atoms with E-state index in [1.807, 2.05) is 18.3 Å². The lowest BCUT2D eigenvalue weighted by Gasteiger charge is -2.33. The van der Waals surface area contributed by atoms with Crippen LogP contribution >= 0.6 is 0 Å². The van der Waals surface area contributed by atoms with Crippen LogP contribution in [0.4, 0.5) is 11.4 Å². The van der Waals surface area contributed by atoms with Gasteiger partial charge in [-0.1, -0.05) is 6.92 Å². The number of pyridine rings is 1. The smallest absolute Gasteiger partial charge is 0.0463 e. The highest BCUT2D eigenvalue weighted by Gasteiger charge is 2.18. The maximum absolute atomic E-state index is 6.04. The standard InChI is InChI=1S/C15H19N3/c1-11-3-2-8-18(10-11)15-5-4-14(16)12-6-7-17-9-13(12)15/h4-7,9,11H,2-3,8,10,16H2,1H3. The van der Waals surface area contributed by atoms with E-state index in [4.69, 9.17) is 5.73 Å². The molecule has 0 amide bonds. The van der Waals surface area contributed by atoms with Crippen molar-refractivity contribution in [1.82, 2.24) is 4.98 Å². The van der Waals surface area contributed by atoms with Crippen LogP contribution in [0.25, 0.3) is 10.8 Å². The van der Waals surface area contributed by atoms with Crippen LogP contribution in [0.15, 0.2) is 30.6 Å². The molecule has 1 aromatic carbocycles. The van der Waals surface area contributed by atoms with Gasteiger partial charge in [0.05, 0.1) is 0 Å². The van der Waals surface area contributed by atoms with Gasteiger partial charge in [0.15, 0.2) is 0 Å². The van der Waals surface area contributed by atoms with Crippen LogP contribution in [-0.2, 0) is 0 Å². The summed E-state index contributed by atoms with van der Waals surface area (Å²) in [6.45, 7) is 4.59. The van der Waals surface area contributed by atoms with E-state index in [0.717, 1.165) is 30.1 Å². The van der Waals surface area contributed by atoms with Crippen molar-refractivity contribution >= 4 is 22.1 Å². The molecule has 0 bridgehead atoms. The van der Waals surface area contributed by atoms with E-state index in [-0.39, 0.29) is 0 Å². The highest BCUT2D eigenvalue weighted by atomic mass is 15.1. The molecule has 0 saturated carbocycles. The molecule has 1 fully saturated rings. The van der Waals surface area contributed by atoms with Crippen molar-refractivity contribution in [3.63, 3.8) is 0 Å². The van der Waals surface area contributed by atoms with Crippen molar-refractivity contribution in [2.75, 3.05) is 23.7 Å². The van der Waals surface area contributed by atoms with Crippen LogP contribution in [0.1, 0.15) is 19.8 Å². The fourth-order valence-electron chi connectivity index (χ4n) is 2.88. The van der Waals surface area contributed by atoms with Crippen LogP contribution in [0.3, 0.4) is 0 Å². The molecule has 1 atom stereocenters. The maximum atomic E-state index is 6.04. The number of hydrogen-bond acceptors (Lipinski definition) is 3. The number of nitrogen functional groups attached to an aromatic ring is 1. The molecule has 2 N–H and O–H groups in total. The minimum atomic E-state index is 0.767. The van der Waals surface area contributed by atoms with E-state index in [1.54, 1.807) is 6.20 Å². The fraction of sp³-hybridized carbons (Fsp3) is 0.400. The monoisotopic (exact) mass is 241 g/mol. The highest BCUT2D eigenvalue weighted by Crippen LogP contribution is 2.32. The van der Waals surface area contributed by atoms with Crippen molar-refractivity contribution in [2.45, 2.75) is 19.8 Å². The number of aromatic nitrogens is 1. The lowest BCUT2D eigenvalue weighted by atomic mass is 9.98. The first kappa shape index (κ1) is 11.3. The summed E-state index contributed by atoms with van der Waals surface area (Å²) in [7, 11) is 0. The van der Waals surface area contributed by atoms with Crippen molar-refractivity contribution in [2.24, 2.45) is 5.92 Å². The van der Waals surface area contributed by atoms with Gasteiger partial charge in [-0.25, -0.2) is 0 Å². The molecule has 2 heterocycles. The van der Waals surface area contributed by atoms with Gasteiger partial charge in [0.2, 0.25) is 0 Å². The van der Waals surface area contributed by atoms with Crippen molar-refractivity contribution in [1.29, 1.82) is 0 Å². The first-order chi connectivity index (χ1) is 8.75. The van der Waals surface area contributed by atoms with Gasteiger partial charge in [0.1, 0.15) is 0 Å². The van der Waals surface area contributed by atoms with Crippen LogP contribution in [0.2, 0.25) is 0 Å². The SMILES string of the molecule is CC1CCCN(c2ccc(N)c3ccncc23)C1. The molecule has 94 valence electrons. The Labute approximate surface area is 108 Å². The van der Waals surface area contributed by atoms with E-state index in [9.17, 15) is 0 Å². The predicted octanol–water partition coefficient (Wildman–Crippen LogP) is 3.05. The zero-order chi connectivity index (χ0) is 12.5.